The Morgan fingerprint density at radius 3 is 2.83 bits per heavy atom. The van der Waals surface area contributed by atoms with Crippen LogP contribution in [0.25, 0.3) is 0 Å². The van der Waals surface area contributed by atoms with Gasteiger partial charge >= 0.3 is 0 Å². The molecular weight excluding hydrogens is 248 g/mol. The van der Waals surface area contributed by atoms with Crippen LogP contribution in [0, 0.1) is 5.41 Å². The van der Waals surface area contributed by atoms with Gasteiger partial charge in [-0.1, -0.05) is 18.6 Å². The molecule has 1 heterocycles. The molecule has 6 heteroatoms. The molecule has 98 valence electrons. The highest BCUT2D eigenvalue weighted by Crippen LogP contribution is 2.41. The van der Waals surface area contributed by atoms with Crippen LogP contribution in [-0.2, 0) is 18.3 Å². The van der Waals surface area contributed by atoms with Crippen molar-refractivity contribution in [3.8, 4) is 0 Å². The van der Waals surface area contributed by atoms with E-state index in [1.165, 1.54) is 0 Å². The summed E-state index contributed by atoms with van der Waals surface area (Å²) >= 11 is 5.01. The van der Waals surface area contributed by atoms with Crippen molar-refractivity contribution in [3.05, 3.63) is 18.0 Å². The minimum Gasteiger partial charge on any atom is -0.392 e. The molecule has 0 radical (unpaired) electrons. The van der Waals surface area contributed by atoms with Gasteiger partial charge in [0.15, 0.2) is 0 Å². The summed E-state index contributed by atoms with van der Waals surface area (Å²) in [6.07, 6.45) is 7.10. The number of hydrogen-bond donors (Lipinski definition) is 2. The monoisotopic (exact) mass is 266 g/mol. The normalized spacial score (nSPS) is 16.9. The number of amides is 1. The third-order valence-electron chi connectivity index (χ3n) is 3.57. The van der Waals surface area contributed by atoms with E-state index in [0.29, 0.717) is 11.5 Å². The smallest absolute Gasteiger partial charge is 0.233 e. The van der Waals surface area contributed by atoms with Crippen LogP contribution in [0.2, 0.25) is 0 Å². The lowest BCUT2D eigenvalue weighted by Gasteiger charge is -2.39. The quantitative estimate of drug-likeness (QED) is 0.763. The lowest BCUT2D eigenvalue weighted by atomic mass is 9.68. The zero-order valence-corrected chi connectivity index (χ0v) is 11.3. The van der Waals surface area contributed by atoms with Crippen molar-refractivity contribution in [3.63, 3.8) is 0 Å². The summed E-state index contributed by atoms with van der Waals surface area (Å²) in [7, 11) is 1.87. The number of aryl methyl sites for hydroxylation is 1. The Morgan fingerprint density at radius 2 is 2.39 bits per heavy atom. The second-order valence-electron chi connectivity index (χ2n) is 4.83. The highest BCUT2D eigenvalue weighted by molar-refractivity contribution is 7.80. The zero-order chi connectivity index (χ0) is 13.2. The molecule has 1 saturated carbocycles. The van der Waals surface area contributed by atoms with E-state index in [4.69, 9.17) is 18.0 Å². The molecule has 1 fully saturated rings. The highest BCUT2D eigenvalue weighted by atomic mass is 32.1. The summed E-state index contributed by atoms with van der Waals surface area (Å²) in [6.45, 7) is 0.592. The van der Waals surface area contributed by atoms with Crippen LogP contribution in [0.5, 0.6) is 0 Å². The van der Waals surface area contributed by atoms with Gasteiger partial charge in [0.1, 0.15) is 0 Å². The molecule has 0 spiro atoms. The van der Waals surface area contributed by atoms with Gasteiger partial charge in [-0.3, -0.25) is 9.48 Å². The molecule has 5 nitrogen and oxygen atoms in total. The Balaban J connectivity index is 1.83. The van der Waals surface area contributed by atoms with E-state index in [9.17, 15) is 4.79 Å². The van der Waals surface area contributed by atoms with E-state index >= 15 is 0 Å². The summed E-state index contributed by atoms with van der Waals surface area (Å²) in [5, 5.41) is 7.00. The fourth-order valence-electron chi connectivity index (χ4n) is 2.21. The van der Waals surface area contributed by atoms with Gasteiger partial charge in [-0.25, -0.2) is 0 Å². The molecule has 1 aliphatic rings. The molecule has 18 heavy (non-hydrogen) atoms. The molecule has 3 N–H and O–H groups in total. The first-order valence-electron chi connectivity index (χ1n) is 6.10. The second kappa shape index (κ2) is 5.06. The van der Waals surface area contributed by atoms with Crippen molar-refractivity contribution in [2.75, 3.05) is 6.54 Å². The van der Waals surface area contributed by atoms with Gasteiger partial charge in [-0.05, 0) is 24.8 Å². The number of nitrogens with two attached hydrogens (primary N) is 1. The number of rotatable bonds is 5. The number of carbonyl (C=O) groups excluding carboxylic acids is 1. The van der Waals surface area contributed by atoms with E-state index in [-0.39, 0.29) is 5.91 Å². The van der Waals surface area contributed by atoms with Crippen LogP contribution in [0.15, 0.2) is 12.4 Å². The largest absolute Gasteiger partial charge is 0.392 e. The topological polar surface area (TPSA) is 72.9 Å². The van der Waals surface area contributed by atoms with E-state index in [0.717, 1.165) is 31.2 Å². The fraction of sp³-hybridized carbons (Fsp3) is 0.583. The lowest BCUT2D eigenvalue weighted by molar-refractivity contribution is -0.130. The Bertz CT molecular complexity index is 464. The summed E-state index contributed by atoms with van der Waals surface area (Å²) in [5.41, 5.74) is 6.21. The van der Waals surface area contributed by atoms with Crippen molar-refractivity contribution < 1.29 is 4.79 Å². The SMILES string of the molecule is Cn1cc(CCNC(=O)C2(C(N)=S)CCC2)cn1. The van der Waals surface area contributed by atoms with Gasteiger partial charge in [0.05, 0.1) is 16.6 Å². The second-order valence-corrected chi connectivity index (χ2v) is 5.27. The molecule has 0 unspecified atom stereocenters. The van der Waals surface area contributed by atoms with Gasteiger partial charge in [0.2, 0.25) is 5.91 Å². The summed E-state index contributed by atoms with van der Waals surface area (Å²) in [6, 6.07) is 0. The predicted octanol–water partition coefficient (Wildman–Crippen LogP) is 0.535. The van der Waals surface area contributed by atoms with E-state index in [2.05, 4.69) is 10.4 Å². The Hall–Kier alpha value is -1.43. The van der Waals surface area contributed by atoms with E-state index in [1.807, 2.05) is 13.2 Å². The number of hydrogen-bond acceptors (Lipinski definition) is 3. The van der Waals surface area contributed by atoms with E-state index < -0.39 is 5.41 Å². The Morgan fingerprint density at radius 1 is 1.67 bits per heavy atom. The third-order valence-corrected chi connectivity index (χ3v) is 3.96. The lowest BCUT2D eigenvalue weighted by Crippen LogP contribution is -2.53. The number of aromatic nitrogens is 2. The molecule has 1 aromatic heterocycles. The minimum atomic E-state index is -0.579. The van der Waals surface area contributed by atoms with Crippen LogP contribution >= 0.6 is 12.2 Å². The molecule has 1 aliphatic carbocycles. The molecule has 1 aromatic rings. The molecular formula is C12H18N4OS. The van der Waals surface area contributed by atoms with Crippen LogP contribution < -0.4 is 11.1 Å². The molecule has 0 aliphatic heterocycles. The highest BCUT2D eigenvalue weighted by Gasteiger charge is 2.46. The third kappa shape index (κ3) is 2.38. The first-order valence-corrected chi connectivity index (χ1v) is 6.51. The minimum absolute atomic E-state index is 0.0230. The number of nitrogens with one attached hydrogen (secondary N) is 1. The summed E-state index contributed by atoms with van der Waals surface area (Å²) in [5.74, 6) is -0.0230. The van der Waals surface area contributed by atoms with Gasteiger partial charge < -0.3 is 11.1 Å². The van der Waals surface area contributed by atoms with Crippen LogP contribution in [0.4, 0.5) is 0 Å². The van der Waals surface area contributed by atoms with Crippen LogP contribution in [0.1, 0.15) is 24.8 Å². The predicted molar refractivity (Wildman–Crippen MR) is 73.0 cm³/mol. The maximum Gasteiger partial charge on any atom is 0.233 e. The van der Waals surface area contributed by atoms with Crippen molar-refractivity contribution in [1.82, 2.24) is 15.1 Å². The van der Waals surface area contributed by atoms with Gasteiger partial charge in [0, 0.05) is 19.8 Å². The molecule has 0 bridgehead atoms. The first-order chi connectivity index (χ1) is 8.54. The van der Waals surface area contributed by atoms with Crippen LogP contribution in [-0.4, -0.2) is 27.2 Å². The average molecular weight is 266 g/mol. The zero-order valence-electron chi connectivity index (χ0n) is 10.5. The van der Waals surface area contributed by atoms with Crippen molar-refractivity contribution >= 4 is 23.1 Å². The molecule has 1 amide bonds. The van der Waals surface area contributed by atoms with Crippen molar-refractivity contribution in [2.45, 2.75) is 25.7 Å². The number of thiocarbonyl (C=S) groups is 1. The van der Waals surface area contributed by atoms with Gasteiger partial charge in [-0.15, -0.1) is 0 Å². The number of nitrogens with zero attached hydrogens (tertiary/aromatic N) is 2. The van der Waals surface area contributed by atoms with E-state index in [1.54, 1.807) is 10.9 Å². The van der Waals surface area contributed by atoms with Crippen LogP contribution in [0.3, 0.4) is 0 Å². The first kappa shape index (κ1) is 13.0. The standard InChI is InChI=1S/C12H18N4OS/c1-16-8-9(7-15-16)3-6-14-11(17)12(10(13)18)4-2-5-12/h7-8H,2-6H2,1H3,(H2,13,18)(H,14,17). The maximum atomic E-state index is 12.1. The molecule has 2 rings (SSSR count). The average Bonchev–Trinajstić information content (AvgIpc) is 2.61. The van der Waals surface area contributed by atoms with Crippen molar-refractivity contribution in [1.29, 1.82) is 0 Å². The van der Waals surface area contributed by atoms with Crippen molar-refractivity contribution in [2.24, 2.45) is 18.2 Å². The van der Waals surface area contributed by atoms with Gasteiger partial charge in [-0.2, -0.15) is 5.10 Å². The van der Waals surface area contributed by atoms with Gasteiger partial charge in [0.25, 0.3) is 0 Å². The maximum absolute atomic E-state index is 12.1. The Labute approximate surface area is 112 Å². The summed E-state index contributed by atoms with van der Waals surface area (Å²) in [4.78, 5) is 12.4. The molecule has 0 aromatic carbocycles. The number of carbonyl (C=O) groups is 1. The Kier molecular flexibility index (Phi) is 3.65. The molecule has 0 atom stereocenters. The fourth-order valence-corrected chi connectivity index (χ4v) is 2.50. The molecule has 0 saturated heterocycles. The summed E-state index contributed by atoms with van der Waals surface area (Å²) < 4.78 is 1.75.